The number of carbonyl (C=O) groups excluding carboxylic acids is 1. The second kappa shape index (κ2) is 3.50. The van der Waals surface area contributed by atoms with E-state index in [1.807, 2.05) is 0 Å². The zero-order valence-electron chi connectivity index (χ0n) is 7.71. The number of carboxylic acids is 1. The fourth-order valence-electron chi connectivity index (χ4n) is 1.15. The van der Waals surface area contributed by atoms with Crippen LogP contribution in [0.2, 0.25) is 0 Å². The minimum atomic E-state index is -2.31. The highest BCUT2D eigenvalue weighted by Gasteiger charge is 2.44. The standard InChI is InChI=1S/C8H9NO5S/c1-4(10)8(15,7(13)14)9-5(11)2-3-6(9)12/h2-3,11-12,15H,1H3,(H,13,14). The molecule has 0 bridgehead atoms. The second-order valence-corrected chi connectivity index (χ2v) is 3.57. The van der Waals surface area contributed by atoms with Crippen molar-refractivity contribution in [3.05, 3.63) is 12.1 Å². The van der Waals surface area contributed by atoms with Gasteiger partial charge >= 0.3 is 5.97 Å². The van der Waals surface area contributed by atoms with Crippen molar-refractivity contribution in [3.63, 3.8) is 0 Å². The van der Waals surface area contributed by atoms with Crippen molar-refractivity contribution < 1.29 is 24.9 Å². The van der Waals surface area contributed by atoms with Gasteiger partial charge in [0, 0.05) is 12.1 Å². The molecule has 3 N–H and O–H groups in total. The minimum Gasteiger partial charge on any atom is -0.494 e. The van der Waals surface area contributed by atoms with Crippen molar-refractivity contribution in [1.29, 1.82) is 0 Å². The Kier molecular flexibility index (Phi) is 2.67. The molecule has 6 nitrogen and oxygen atoms in total. The zero-order valence-corrected chi connectivity index (χ0v) is 8.60. The Morgan fingerprint density at radius 2 is 1.73 bits per heavy atom. The third-order valence-corrected chi connectivity index (χ3v) is 2.66. The first kappa shape index (κ1) is 11.4. The number of nitrogens with zero attached hydrogens (tertiary/aromatic N) is 1. The largest absolute Gasteiger partial charge is 0.494 e. The molecule has 0 fully saturated rings. The average molecular weight is 231 g/mol. The highest BCUT2D eigenvalue weighted by molar-refractivity contribution is 7.83. The summed E-state index contributed by atoms with van der Waals surface area (Å²) in [6.45, 7) is 1.000. The van der Waals surface area contributed by atoms with Crippen LogP contribution in [0.1, 0.15) is 6.92 Å². The molecular formula is C8H9NO5S. The van der Waals surface area contributed by atoms with Crippen molar-refractivity contribution in [2.24, 2.45) is 0 Å². The van der Waals surface area contributed by atoms with E-state index in [1.165, 1.54) is 0 Å². The van der Waals surface area contributed by atoms with E-state index in [0.717, 1.165) is 19.1 Å². The van der Waals surface area contributed by atoms with E-state index in [4.69, 9.17) is 5.11 Å². The maximum absolute atomic E-state index is 11.2. The summed E-state index contributed by atoms with van der Waals surface area (Å²) in [6.07, 6.45) is 0. The van der Waals surface area contributed by atoms with E-state index in [2.05, 4.69) is 12.6 Å². The second-order valence-electron chi connectivity index (χ2n) is 2.92. The molecule has 1 unspecified atom stereocenters. The van der Waals surface area contributed by atoms with E-state index in [1.54, 1.807) is 0 Å². The molecule has 0 spiro atoms. The van der Waals surface area contributed by atoms with Crippen molar-refractivity contribution >= 4 is 24.4 Å². The van der Waals surface area contributed by atoms with Crippen LogP contribution in [0.25, 0.3) is 0 Å². The first-order chi connectivity index (χ1) is 6.81. The van der Waals surface area contributed by atoms with Gasteiger partial charge in [0.05, 0.1) is 0 Å². The summed E-state index contributed by atoms with van der Waals surface area (Å²) in [6, 6.07) is 2.12. The van der Waals surface area contributed by atoms with Gasteiger partial charge < -0.3 is 15.3 Å². The Morgan fingerprint density at radius 3 is 2.00 bits per heavy atom. The topological polar surface area (TPSA) is 99.8 Å². The van der Waals surface area contributed by atoms with Gasteiger partial charge in [-0.1, -0.05) is 0 Å². The van der Waals surface area contributed by atoms with Crippen LogP contribution in [-0.2, 0) is 14.5 Å². The summed E-state index contributed by atoms with van der Waals surface area (Å²) < 4.78 is 0.529. The Hall–Kier alpha value is -1.63. The Balaban J connectivity index is 3.47. The predicted octanol–water partition coefficient (Wildman–Crippen LogP) is 0.155. The van der Waals surface area contributed by atoms with Gasteiger partial charge in [0.15, 0.2) is 17.5 Å². The number of Topliss-reactive ketones (excluding diaryl/α,β-unsaturated/α-hetero) is 1. The van der Waals surface area contributed by atoms with Gasteiger partial charge in [-0.15, -0.1) is 12.6 Å². The molecule has 1 rings (SSSR count). The van der Waals surface area contributed by atoms with E-state index in [0.29, 0.717) is 4.57 Å². The van der Waals surface area contributed by atoms with Crippen LogP contribution in [0.4, 0.5) is 0 Å². The lowest BCUT2D eigenvalue weighted by Crippen LogP contribution is -2.42. The molecule has 0 aliphatic heterocycles. The number of carboxylic acid groups (broad SMARTS) is 1. The summed E-state index contributed by atoms with van der Waals surface area (Å²) in [5.41, 5.74) is 0. The Labute approximate surface area is 90.2 Å². The fourth-order valence-corrected chi connectivity index (χ4v) is 1.36. The van der Waals surface area contributed by atoms with Gasteiger partial charge in [-0.05, 0) is 6.92 Å². The van der Waals surface area contributed by atoms with E-state index in [-0.39, 0.29) is 0 Å². The first-order valence-electron chi connectivity index (χ1n) is 3.88. The van der Waals surface area contributed by atoms with Gasteiger partial charge in [0.25, 0.3) is 0 Å². The van der Waals surface area contributed by atoms with Gasteiger partial charge in [-0.3, -0.25) is 9.36 Å². The van der Waals surface area contributed by atoms with Crippen molar-refractivity contribution in [2.75, 3.05) is 0 Å². The molecule has 0 saturated carbocycles. The monoisotopic (exact) mass is 231 g/mol. The maximum Gasteiger partial charge on any atom is 0.348 e. The number of ketones is 1. The highest BCUT2D eigenvalue weighted by Crippen LogP contribution is 2.34. The van der Waals surface area contributed by atoms with Crippen LogP contribution in [0, 0.1) is 0 Å². The number of aromatic hydroxyl groups is 2. The van der Waals surface area contributed by atoms with E-state index >= 15 is 0 Å². The van der Waals surface area contributed by atoms with Gasteiger partial charge in [-0.2, -0.15) is 0 Å². The third-order valence-electron chi connectivity index (χ3n) is 1.95. The lowest BCUT2D eigenvalue weighted by molar-refractivity contribution is -0.147. The number of aliphatic carboxylic acids is 1. The van der Waals surface area contributed by atoms with Crippen molar-refractivity contribution in [3.8, 4) is 11.8 Å². The molecular weight excluding hydrogens is 222 g/mol. The number of aromatic nitrogens is 1. The molecule has 15 heavy (non-hydrogen) atoms. The lowest BCUT2D eigenvalue weighted by atomic mass is 10.2. The van der Waals surface area contributed by atoms with E-state index < -0.39 is 28.4 Å². The fraction of sp³-hybridized carbons (Fsp3) is 0.250. The molecule has 1 aromatic rings. The average Bonchev–Trinajstić information content (AvgIpc) is 2.44. The molecule has 1 aromatic heterocycles. The van der Waals surface area contributed by atoms with Crippen LogP contribution >= 0.6 is 12.6 Å². The molecule has 0 aliphatic rings. The maximum atomic E-state index is 11.2. The SMILES string of the molecule is CC(=O)C(S)(C(=O)O)n1c(O)ccc1O. The van der Waals surface area contributed by atoms with Crippen LogP contribution in [0.15, 0.2) is 12.1 Å². The van der Waals surface area contributed by atoms with Gasteiger partial charge in [0.1, 0.15) is 0 Å². The van der Waals surface area contributed by atoms with E-state index in [9.17, 15) is 19.8 Å². The molecule has 0 aliphatic carbocycles. The first-order valence-corrected chi connectivity index (χ1v) is 4.33. The Bertz CT molecular complexity index is 391. The molecule has 0 saturated heterocycles. The third kappa shape index (κ3) is 1.54. The normalized spacial score (nSPS) is 14.5. The smallest absolute Gasteiger partial charge is 0.348 e. The summed E-state index contributed by atoms with van der Waals surface area (Å²) in [5, 5.41) is 27.5. The molecule has 0 aromatic carbocycles. The predicted molar refractivity (Wildman–Crippen MR) is 53.0 cm³/mol. The van der Waals surface area contributed by atoms with Crippen LogP contribution in [0.3, 0.4) is 0 Å². The van der Waals surface area contributed by atoms with Crippen molar-refractivity contribution in [1.82, 2.24) is 4.57 Å². The summed E-state index contributed by atoms with van der Waals surface area (Å²) in [4.78, 5) is 19.8. The molecule has 0 amide bonds. The summed E-state index contributed by atoms with van der Waals surface area (Å²) in [5.74, 6) is -3.53. The van der Waals surface area contributed by atoms with Crippen LogP contribution in [0.5, 0.6) is 11.8 Å². The van der Waals surface area contributed by atoms with Gasteiger partial charge in [0.2, 0.25) is 4.87 Å². The number of thiol groups is 1. The molecule has 1 atom stereocenters. The van der Waals surface area contributed by atoms with Crippen molar-refractivity contribution in [2.45, 2.75) is 11.8 Å². The molecule has 0 radical (unpaired) electrons. The summed E-state index contributed by atoms with van der Waals surface area (Å²) >= 11 is 3.70. The number of rotatable bonds is 3. The Morgan fingerprint density at radius 1 is 1.33 bits per heavy atom. The van der Waals surface area contributed by atoms with Gasteiger partial charge in [-0.25, -0.2) is 4.79 Å². The molecule has 1 heterocycles. The number of hydrogen-bond acceptors (Lipinski definition) is 5. The zero-order chi connectivity index (χ0) is 11.8. The quantitative estimate of drug-likeness (QED) is 0.438. The number of hydrogen-bond donors (Lipinski definition) is 4. The minimum absolute atomic E-state index is 0.529. The molecule has 82 valence electrons. The number of carbonyl (C=O) groups is 2. The lowest BCUT2D eigenvalue weighted by Gasteiger charge is -2.23. The van der Waals surface area contributed by atoms with Crippen LogP contribution in [-0.4, -0.2) is 31.6 Å². The highest BCUT2D eigenvalue weighted by atomic mass is 32.1. The summed E-state index contributed by atoms with van der Waals surface area (Å²) in [7, 11) is 0. The molecule has 7 heteroatoms. The van der Waals surface area contributed by atoms with Crippen LogP contribution < -0.4 is 0 Å².